The predicted octanol–water partition coefficient (Wildman–Crippen LogP) is 3.24. The van der Waals surface area contributed by atoms with E-state index >= 15 is 0 Å². The topological polar surface area (TPSA) is 56.0 Å². The smallest absolute Gasteiger partial charge is 0.102 e. The summed E-state index contributed by atoms with van der Waals surface area (Å²) in [6, 6.07) is 8.10. The molecule has 4 heteroatoms. The molecule has 1 atom stereocenters. The van der Waals surface area contributed by atoms with Gasteiger partial charge in [-0.1, -0.05) is 19.9 Å². The van der Waals surface area contributed by atoms with Gasteiger partial charge in [-0.15, -0.1) is 11.8 Å². The molecule has 0 aliphatic carbocycles. The highest BCUT2D eigenvalue weighted by atomic mass is 32.2. The molecule has 0 radical (unpaired) electrons. The Morgan fingerprint density at radius 3 is 2.83 bits per heavy atom. The van der Waals surface area contributed by atoms with E-state index in [9.17, 15) is 10.4 Å². The van der Waals surface area contributed by atoms with Crippen LogP contribution in [0.1, 0.15) is 32.3 Å². The zero-order valence-corrected chi connectivity index (χ0v) is 11.8. The molecular formula is C14H20N2OS. The largest absolute Gasteiger partial charge is 0.393 e. The third kappa shape index (κ3) is 4.25. The molecule has 0 spiro atoms. The normalized spacial score (nSPS) is 11.9. The highest BCUT2D eigenvalue weighted by molar-refractivity contribution is 7.99. The van der Waals surface area contributed by atoms with E-state index in [1.807, 2.05) is 25.1 Å². The summed E-state index contributed by atoms with van der Waals surface area (Å²) < 4.78 is 0. The number of hydrogen-bond donors (Lipinski definition) is 2. The molecule has 18 heavy (non-hydrogen) atoms. The number of rotatable bonds is 7. The molecule has 2 N–H and O–H groups in total. The van der Waals surface area contributed by atoms with E-state index in [1.54, 1.807) is 11.8 Å². The van der Waals surface area contributed by atoms with Crippen molar-refractivity contribution in [2.75, 3.05) is 17.6 Å². The quantitative estimate of drug-likeness (QED) is 0.742. The summed E-state index contributed by atoms with van der Waals surface area (Å²) in [4.78, 5) is 1.01. The third-order valence-electron chi connectivity index (χ3n) is 2.70. The first-order chi connectivity index (χ1) is 8.72. The summed E-state index contributed by atoms with van der Waals surface area (Å²) >= 11 is 1.67. The number of nitriles is 1. The molecule has 0 amide bonds. The summed E-state index contributed by atoms with van der Waals surface area (Å²) in [6.07, 6.45) is 1.20. The maximum atomic E-state index is 9.49. The van der Waals surface area contributed by atoms with E-state index in [0.29, 0.717) is 18.5 Å². The van der Waals surface area contributed by atoms with Crippen molar-refractivity contribution in [2.45, 2.75) is 37.7 Å². The molecule has 1 unspecified atom stereocenters. The van der Waals surface area contributed by atoms with Crippen molar-refractivity contribution in [1.29, 1.82) is 5.26 Å². The highest BCUT2D eigenvalue weighted by Crippen LogP contribution is 2.27. The van der Waals surface area contributed by atoms with Crippen LogP contribution < -0.4 is 5.32 Å². The predicted molar refractivity (Wildman–Crippen MR) is 77.0 cm³/mol. The summed E-state index contributed by atoms with van der Waals surface area (Å²) in [5.41, 5.74) is 1.56. The van der Waals surface area contributed by atoms with Crippen LogP contribution in [-0.4, -0.2) is 23.5 Å². The van der Waals surface area contributed by atoms with Gasteiger partial charge >= 0.3 is 0 Å². The van der Waals surface area contributed by atoms with Gasteiger partial charge in [-0.25, -0.2) is 0 Å². The molecule has 1 aromatic rings. The molecule has 0 aromatic heterocycles. The Hall–Kier alpha value is -1.18. The van der Waals surface area contributed by atoms with Gasteiger partial charge in [-0.3, -0.25) is 0 Å². The van der Waals surface area contributed by atoms with Gasteiger partial charge in [0.15, 0.2) is 0 Å². The first-order valence-electron chi connectivity index (χ1n) is 6.30. The van der Waals surface area contributed by atoms with E-state index in [1.165, 1.54) is 0 Å². The second-order valence-corrected chi connectivity index (χ2v) is 5.31. The number of thioether (sulfide) groups is 1. The van der Waals surface area contributed by atoms with Gasteiger partial charge in [0.1, 0.15) is 6.07 Å². The molecule has 98 valence electrons. The molecule has 3 nitrogen and oxygen atoms in total. The maximum absolute atomic E-state index is 9.49. The molecule has 0 heterocycles. The fourth-order valence-electron chi connectivity index (χ4n) is 1.65. The van der Waals surface area contributed by atoms with Gasteiger partial charge in [0.2, 0.25) is 0 Å². The van der Waals surface area contributed by atoms with Crippen LogP contribution in [0.2, 0.25) is 0 Å². The SMILES string of the molecule is CCSc1cccc(NCCC(O)CC)c1C#N. The van der Waals surface area contributed by atoms with Crippen molar-refractivity contribution in [2.24, 2.45) is 0 Å². The minimum Gasteiger partial charge on any atom is -0.393 e. The first-order valence-corrected chi connectivity index (χ1v) is 7.29. The minimum absolute atomic E-state index is 0.267. The number of nitrogens with one attached hydrogen (secondary N) is 1. The lowest BCUT2D eigenvalue weighted by Gasteiger charge is -2.12. The van der Waals surface area contributed by atoms with Crippen LogP contribution in [0.25, 0.3) is 0 Å². The van der Waals surface area contributed by atoms with E-state index in [2.05, 4.69) is 18.3 Å². The number of anilines is 1. The van der Waals surface area contributed by atoms with Gasteiger partial charge < -0.3 is 10.4 Å². The molecule has 0 aliphatic rings. The molecule has 0 bridgehead atoms. The maximum Gasteiger partial charge on any atom is 0.102 e. The van der Waals surface area contributed by atoms with Crippen LogP contribution in [0.5, 0.6) is 0 Å². The molecule has 1 aromatic carbocycles. The summed E-state index contributed by atoms with van der Waals surface area (Å²) in [5, 5.41) is 22.0. The summed E-state index contributed by atoms with van der Waals surface area (Å²) in [5.74, 6) is 0.951. The zero-order chi connectivity index (χ0) is 13.4. The lowest BCUT2D eigenvalue weighted by molar-refractivity contribution is 0.164. The molecule has 1 rings (SSSR count). The molecule has 0 aliphatic heterocycles. The Morgan fingerprint density at radius 2 is 2.22 bits per heavy atom. The number of aliphatic hydroxyl groups is 1. The van der Waals surface area contributed by atoms with E-state index in [4.69, 9.17) is 0 Å². The van der Waals surface area contributed by atoms with Crippen molar-refractivity contribution < 1.29 is 5.11 Å². The molecule has 0 fully saturated rings. The first kappa shape index (κ1) is 14.9. The van der Waals surface area contributed by atoms with Crippen molar-refractivity contribution >= 4 is 17.4 Å². The van der Waals surface area contributed by atoms with Crippen molar-refractivity contribution in [1.82, 2.24) is 0 Å². The third-order valence-corrected chi connectivity index (χ3v) is 3.64. The number of hydrogen-bond acceptors (Lipinski definition) is 4. The highest BCUT2D eigenvalue weighted by Gasteiger charge is 2.08. The van der Waals surface area contributed by atoms with Crippen LogP contribution in [0.4, 0.5) is 5.69 Å². The molecule has 0 saturated heterocycles. The Kier molecular flexibility index (Phi) is 6.63. The Morgan fingerprint density at radius 1 is 1.44 bits per heavy atom. The van der Waals surface area contributed by atoms with Crippen LogP contribution in [0.3, 0.4) is 0 Å². The second kappa shape index (κ2) is 8.02. The average Bonchev–Trinajstić information content (AvgIpc) is 2.39. The molecule has 0 saturated carbocycles. The Labute approximate surface area is 113 Å². The van der Waals surface area contributed by atoms with E-state index < -0.39 is 0 Å². The van der Waals surface area contributed by atoms with Crippen LogP contribution in [0, 0.1) is 11.3 Å². The standard InChI is InChI=1S/C14H20N2OS/c1-3-11(17)8-9-16-13-6-5-7-14(18-4-2)12(13)10-15/h5-7,11,16-17H,3-4,8-9H2,1-2H3. The summed E-state index contributed by atoms with van der Waals surface area (Å²) in [6.45, 7) is 4.72. The molecular weight excluding hydrogens is 244 g/mol. The monoisotopic (exact) mass is 264 g/mol. The van der Waals surface area contributed by atoms with Gasteiger partial charge in [-0.05, 0) is 30.7 Å². The van der Waals surface area contributed by atoms with E-state index in [0.717, 1.165) is 22.8 Å². The van der Waals surface area contributed by atoms with Crippen LogP contribution in [0.15, 0.2) is 23.1 Å². The van der Waals surface area contributed by atoms with Crippen molar-refractivity contribution in [3.63, 3.8) is 0 Å². The fourth-order valence-corrected chi connectivity index (χ4v) is 2.43. The minimum atomic E-state index is -0.267. The Bertz CT molecular complexity index is 415. The number of aliphatic hydroxyl groups excluding tert-OH is 1. The number of nitrogens with zero attached hydrogens (tertiary/aromatic N) is 1. The van der Waals surface area contributed by atoms with Crippen molar-refractivity contribution in [3.05, 3.63) is 23.8 Å². The van der Waals surface area contributed by atoms with Crippen LogP contribution >= 0.6 is 11.8 Å². The lowest BCUT2D eigenvalue weighted by Crippen LogP contribution is -2.12. The number of benzene rings is 1. The fraction of sp³-hybridized carbons (Fsp3) is 0.500. The van der Waals surface area contributed by atoms with E-state index in [-0.39, 0.29) is 6.10 Å². The average molecular weight is 264 g/mol. The van der Waals surface area contributed by atoms with Gasteiger partial charge in [0.25, 0.3) is 0 Å². The second-order valence-electron chi connectivity index (χ2n) is 4.00. The summed E-state index contributed by atoms with van der Waals surface area (Å²) in [7, 11) is 0. The van der Waals surface area contributed by atoms with Gasteiger partial charge in [0.05, 0.1) is 17.4 Å². The van der Waals surface area contributed by atoms with Gasteiger partial charge in [0, 0.05) is 11.4 Å². The Balaban J connectivity index is 2.70. The van der Waals surface area contributed by atoms with Crippen molar-refractivity contribution in [3.8, 4) is 6.07 Å². The lowest BCUT2D eigenvalue weighted by atomic mass is 10.1. The van der Waals surface area contributed by atoms with Gasteiger partial charge in [-0.2, -0.15) is 5.26 Å². The van der Waals surface area contributed by atoms with Crippen LogP contribution in [-0.2, 0) is 0 Å². The zero-order valence-electron chi connectivity index (χ0n) is 10.9.